The lowest BCUT2D eigenvalue weighted by Gasteiger charge is -2.48. The molecule has 2 amide bonds. The van der Waals surface area contributed by atoms with Crippen LogP contribution in [0.15, 0.2) is 49.1 Å². The average Bonchev–Trinajstić information content (AvgIpc) is 3.41. The Kier molecular flexibility index (Phi) is 8.96. The minimum Gasteiger partial charge on any atom is -0.488 e. The number of fused-ring (bicyclic) bond motifs is 3. The number of aromatic nitrogens is 5. The number of pyridine rings is 2. The Balaban J connectivity index is 1.16. The van der Waals surface area contributed by atoms with Crippen molar-refractivity contribution in [1.82, 2.24) is 34.8 Å². The summed E-state index contributed by atoms with van der Waals surface area (Å²) in [7, 11) is 0. The van der Waals surface area contributed by atoms with Crippen LogP contribution in [0, 0.1) is 6.92 Å². The number of aryl methyl sites for hydroxylation is 1. The fraction of sp³-hybridized carbons (Fsp3) is 0.471. The number of hydrogen-bond acceptors (Lipinski definition) is 11. The fourth-order valence-electron chi connectivity index (χ4n) is 5.87. The molecule has 4 aromatic rings. The summed E-state index contributed by atoms with van der Waals surface area (Å²) >= 11 is 0. The molecule has 4 aromatic heterocycles. The van der Waals surface area contributed by atoms with E-state index in [1.807, 2.05) is 63.1 Å². The van der Waals surface area contributed by atoms with Gasteiger partial charge in [-0.15, -0.1) is 0 Å². The van der Waals surface area contributed by atoms with Crippen LogP contribution in [0.2, 0.25) is 0 Å². The number of carbonyl (C=O) groups is 2. The van der Waals surface area contributed by atoms with Crippen LogP contribution in [0.4, 0.5) is 16.4 Å². The van der Waals surface area contributed by atoms with Crippen molar-refractivity contribution < 1.29 is 28.9 Å². The van der Waals surface area contributed by atoms with E-state index in [0.717, 1.165) is 22.3 Å². The number of carbonyl (C=O) groups excluding carboxylic acids is 2. The first kappa shape index (κ1) is 33.1. The normalized spacial score (nSPS) is 19.6. The molecular weight excluding hydrogens is 616 g/mol. The second-order valence-corrected chi connectivity index (χ2v) is 14.0. The maximum absolute atomic E-state index is 13.0. The van der Waals surface area contributed by atoms with Crippen molar-refractivity contribution in [1.29, 1.82) is 0 Å². The van der Waals surface area contributed by atoms with Crippen LogP contribution in [-0.4, -0.2) is 95.7 Å². The molecule has 0 radical (unpaired) electrons. The molecule has 3 N–H and O–H groups in total. The van der Waals surface area contributed by atoms with E-state index in [1.165, 1.54) is 12.4 Å². The van der Waals surface area contributed by atoms with E-state index in [-0.39, 0.29) is 36.5 Å². The molecule has 0 aromatic carbocycles. The number of aliphatic hydroxyl groups is 1. The third-order valence-electron chi connectivity index (χ3n) is 7.98. The molecule has 254 valence electrons. The summed E-state index contributed by atoms with van der Waals surface area (Å²) < 4.78 is 19.9. The van der Waals surface area contributed by atoms with Gasteiger partial charge in [0.05, 0.1) is 55.0 Å². The summed E-state index contributed by atoms with van der Waals surface area (Å²) in [5.74, 6) is 1.22. The molecule has 2 aliphatic rings. The SMILES string of the molecule is Cc1cc(-c2ccn3nc(Nc4cnc(C(=O)NCC(C)(C)O)cn4)cc3c2)c(OC2C[C@H]3COC[C@@H](C2)N3C(=O)OC(C)(C)C)cn1. The summed E-state index contributed by atoms with van der Waals surface area (Å²) in [6.07, 6.45) is 7.26. The first-order chi connectivity index (χ1) is 22.7. The largest absolute Gasteiger partial charge is 0.488 e. The van der Waals surface area contributed by atoms with Gasteiger partial charge in [-0.25, -0.2) is 19.3 Å². The topological polar surface area (TPSA) is 165 Å². The van der Waals surface area contributed by atoms with Gasteiger partial charge in [0, 0.05) is 42.9 Å². The lowest BCUT2D eigenvalue weighted by atomic mass is 9.92. The monoisotopic (exact) mass is 658 g/mol. The maximum atomic E-state index is 13.0. The average molecular weight is 659 g/mol. The Labute approximate surface area is 278 Å². The molecule has 0 spiro atoms. The van der Waals surface area contributed by atoms with Gasteiger partial charge in [-0.05, 0) is 65.3 Å². The van der Waals surface area contributed by atoms with E-state index in [9.17, 15) is 14.7 Å². The first-order valence-corrected chi connectivity index (χ1v) is 16.0. The van der Waals surface area contributed by atoms with Crippen LogP contribution in [0.5, 0.6) is 5.75 Å². The van der Waals surface area contributed by atoms with Crippen LogP contribution in [-0.2, 0) is 9.47 Å². The van der Waals surface area contributed by atoms with Gasteiger partial charge in [0.1, 0.15) is 29.0 Å². The molecule has 2 fully saturated rings. The molecule has 2 saturated heterocycles. The predicted molar refractivity (Wildman–Crippen MR) is 177 cm³/mol. The van der Waals surface area contributed by atoms with E-state index in [4.69, 9.17) is 14.2 Å². The van der Waals surface area contributed by atoms with Crippen molar-refractivity contribution in [3.63, 3.8) is 0 Å². The van der Waals surface area contributed by atoms with Gasteiger partial charge in [0.15, 0.2) is 5.82 Å². The molecule has 0 saturated carbocycles. The minimum absolute atomic E-state index is 0.0922. The highest BCUT2D eigenvalue weighted by molar-refractivity contribution is 5.92. The molecule has 14 heteroatoms. The molecule has 1 unspecified atom stereocenters. The number of hydrogen-bond donors (Lipinski definition) is 3. The summed E-state index contributed by atoms with van der Waals surface area (Å²) in [6.45, 7) is 11.7. The minimum atomic E-state index is -1.03. The zero-order valence-corrected chi connectivity index (χ0v) is 28.1. The number of rotatable bonds is 8. The maximum Gasteiger partial charge on any atom is 0.410 e. The lowest BCUT2D eigenvalue weighted by Crippen LogP contribution is -2.61. The zero-order valence-electron chi connectivity index (χ0n) is 28.1. The van der Waals surface area contributed by atoms with E-state index in [1.54, 1.807) is 24.6 Å². The molecular formula is C34H42N8O6. The van der Waals surface area contributed by atoms with Gasteiger partial charge in [-0.3, -0.25) is 14.7 Å². The van der Waals surface area contributed by atoms with Crippen molar-refractivity contribution in [2.45, 2.75) is 83.8 Å². The van der Waals surface area contributed by atoms with Crippen LogP contribution in [0.3, 0.4) is 0 Å². The summed E-state index contributed by atoms with van der Waals surface area (Å²) in [4.78, 5) is 40.2. The second kappa shape index (κ2) is 13.0. The van der Waals surface area contributed by atoms with E-state index in [2.05, 4.69) is 30.7 Å². The van der Waals surface area contributed by atoms with Crippen molar-refractivity contribution in [2.24, 2.45) is 0 Å². The Morgan fingerprint density at radius 2 is 1.75 bits per heavy atom. The zero-order chi connectivity index (χ0) is 34.2. The summed E-state index contributed by atoms with van der Waals surface area (Å²) in [5, 5.41) is 20.2. The molecule has 48 heavy (non-hydrogen) atoms. The molecule has 6 rings (SSSR count). The Morgan fingerprint density at radius 3 is 2.42 bits per heavy atom. The van der Waals surface area contributed by atoms with Crippen LogP contribution in [0.25, 0.3) is 16.6 Å². The van der Waals surface area contributed by atoms with Gasteiger partial charge >= 0.3 is 6.09 Å². The molecule has 6 heterocycles. The number of ether oxygens (including phenoxy) is 3. The Bertz CT molecular complexity index is 1780. The number of morpholine rings is 1. The van der Waals surface area contributed by atoms with Gasteiger partial charge in [-0.2, -0.15) is 5.10 Å². The standard InChI is InChI=1S/C34H42N8O6/c1-20-9-26(28(15-35-20)47-25-11-23-17-46-18-24(12-25)42(23)32(44)48-33(2,3)4)21-7-8-41-22(10-21)13-29(40-41)39-30-16-36-27(14-37-30)31(43)38-19-34(5,6)45/h7-10,13-16,23-25,45H,11-12,17-19H2,1-6H3,(H,38,43)(H,37,39,40)/t23-,24+,25?. The van der Waals surface area contributed by atoms with E-state index in [0.29, 0.717) is 43.4 Å². The van der Waals surface area contributed by atoms with Crippen LogP contribution >= 0.6 is 0 Å². The van der Waals surface area contributed by atoms with Gasteiger partial charge in [0.25, 0.3) is 5.91 Å². The third-order valence-corrected chi connectivity index (χ3v) is 7.98. The number of nitrogens with zero attached hydrogens (tertiary/aromatic N) is 6. The summed E-state index contributed by atoms with van der Waals surface area (Å²) in [5.41, 5.74) is 2.06. The molecule has 14 nitrogen and oxygen atoms in total. The predicted octanol–water partition coefficient (Wildman–Crippen LogP) is 4.28. The van der Waals surface area contributed by atoms with E-state index >= 15 is 0 Å². The number of anilines is 2. The highest BCUT2D eigenvalue weighted by Crippen LogP contribution is 2.36. The molecule has 2 bridgehead atoms. The van der Waals surface area contributed by atoms with Crippen molar-refractivity contribution in [2.75, 3.05) is 25.1 Å². The highest BCUT2D eigenvalue weighted by Gasteiger charge is 2.44. The lowest BCUT2D eigenvalue weighted by molar-refractivity contribution is -0.0993. The summed E-state index contributed by atoms with van der Waals surface area (Å²) in [6, 6.07) is 7.62. The van der Waals surface area contributed by atoms with Crippen molar-refractivity contribution in [3.05, 3.63) is 60.4 Å². The first-order valence-electron chi connectivity index (χ1n) is 16.0. The number of piperidine rings is 1. The second-order valence-electron chi connectivity index (χ2n) is 14.0. The molecule has 2 aliphatic heterocycles. The van der Waals surface area contributed by atoms with Crippen molar-refractivity contribution >= 4 is 29.2 Å². The third kappa shape index (κ3) is 7.82. The van der Waals surface area contributed by atoms with Gasteiger partial charge in [0.2, 0.25) is 0 Å². The number of amides is 2. The highest BCUT2D eigenvalue weighted by atomic mass is 16.6. The van der Waals surface area contributed by atoms with E-state index < -0.39 is 17.1 Å². The Hall–Kier alpha value is -4.82. The van der Waals surface area contributed by atoms with Crippen LogP contribution in [0.1, 0.15) is 63.6 Å². The number of nitrogens with one attached hydrogen (secondary N) is 2. The molecule has 0 aliphatic carbocycles. The van der Waals surface area contributed by atoms with Crippen LogP contribution < -0.4 is 15.4 Å². The van der Waals surface area contributed by atoms with Gasteiger partial charge in [-0.1, -0.05) is 0 Å². The van der Waals surface area contributed by atoms with Crippen molar-refractivity contribution in [3.8, 4) is 16.9 Å². The quantitative estimate of drug-likeness (QED) is 0.247. The Morgan fingerprint density at radius 1 is 1.00 bits per heavy atom. The fourth-order valence-corrected chi connectivity index (χ4v) is 5.87. The molecule has 3 atom stereocenters. The smallest absolute Gasteiger partial charge is 0.410 e. The van der Waals surface area contributed by atoms with Gasteiger partial charge < -0.3 is 30.0 Å².